The summed E-state index contributed by atoms with van der Waals surface area (Å²) in [4.78, 5) is 21.5. The van der Waals surface area contributed by atoms with Crippen LogP contribution >= 0.6 is 0 Å². The summed E-state index contributed by atoms with van der Waals surface area (Å²) in [6.07, 6.45) is 6.23. The SMILES string of the molecule is [2H]c1cc(Oc2[c-]c3c(cc2)c2ccc(Oc4[c-]c(-c5ccccn5)cc([2H])c4)[c-]c2n3-c2ncncn2)[c-]c(-c2ccccn2)c1.[Pd+2].[Pt+2]. The predicted molar refractivity (Wildman–Crippen MR) is 169 cm³/mol. The Morgan fingerprint density at radius 2 is 1.04 bits per heavy atom. The molecule has 0 bridgehead atoms. The number of aromatic nitrogens is 6. The number of hydrogen-bond donors (Lipinski definition) is 0. The normalized spacial score (nSPS) is 11.2. The van der Waals surface area contributed by atoms with Crippen LogP contribution in [0.3, 0.4) is 0 Å². The minimum Gasteiger partial charge on any atom is -0.503 e. The Morgan fingerprint density at radius 1 is 0.553 bits per heavy atom. The van der Waals surface area contributed by atoms with Crippen LogP contribution in [0, 0.1) is 24.3 Å². The Morgan fingerprint density at radius 3 is 1.51 bits per heavy atom. The van der Waals surface area contributed by atoms with Crippen LogP contribution in [0.5, 0.6) is 23.0 Å². The zero-order chi connectivity index (χ0) is 31.7. The van der Waals surface area contributed by atoms with E-state index in [1.165, 1.54) is 12.7 Å². The number of fused-ring (bicyclic) bond motifs is 3. The number of rotatable bonds is 7. The van der Waals surface area contributed by atoms with Crippen molar-refractivity contribution >= 4 is 21.8 Å². The monoisotopic (exact) mass is 883 g/mol. The van der Waals surface area contributed by atoms with Crippen molar-refractivity contribution in [3.05, 3.63) is 146 Å². The maximum absolute atomic E-state index is 8.31. The topological polar surface area (TPSA) is 87.8 Å². The van der Waals surface area contributed by atoms with Crippen molar-refractivity contribution in [1.29, 1.82) is 0 Å². The van der Waals surface area contributed by atoms with E-state index in [9.17, 15) is 0 Å². The van der Waals surface area contributed by atoms with Crippen molar-refractivity contribution in [2.75, 3.05) is 0 Å². The summed E-state index contributed by atoms with van der Waals surface area (Å²) in [5, 5.41) is 1.72. The fourth-order valence-electron chi connectivity index (χ4n) is 4.97. The number of ether oxygens (including phenoxy) is 2. The minimum absolute atomic E-state index is 0. The Kier molecular flexibility index (Phi) is 8.84. The van der Waals surface area contributed by atoms with E-state index in [1.54, 1.807) is 41.2 Å². The maximum Gasteiger partial charge on any atom is 2.00 e. The molecule has 4 aromatic carbocycles. The van der Waals surface area contributed by atoms with E-state index >= 15 is 0 Å². The smallest absolute Gasteiger partial charge is 0.503 e. The summed E-state index contributed by atoms with van der Waals surface area (Å²) < 4.78 is 30.8. The largest absolute Gasteiger partial charge is 2.00 e. The van der Waals surface area contributed by atoms with Gasteiger partial charge in [0.05, 0.1) is 0 Å². The van der Waals surface area contributed by atoms with Crippen molar-refractivity contribution in [2.24, 2.45) is 0 Å². The van der Waals surface area contributed by atoms with Gasteiger partial charge in [0.2, 0.25) is 5.95 Å². The van der Waals surface area contributed by atoms with Crippen molar-refractivity contribution in [3.8, 4) is 51.5 Å². The van der Waals surface area contributed by atoms with Crippen LogP contribution in [0.25, 0.3) is 50.3 Å². The molecule has 0 aliphatic heterocycles. The first-order valence-electron chi connectivity index (χ1n) is 14.9. The maximum atomic E-state index is 8.31. The molecule has 0 spiro atoms. The molecule has 4 aromatic heterocycles. The molecule has 0 atom stereocenters. The Balaban J connectivity index is 0.00000208. The Bertz CT molecular complexity index is 2250. The molecule has 0 saturated carbocycles. The van der Waals surface area contributed by atoms with Gasteiger partial charge in [-0.05, 0) is 23.5 Å². The first-order valence-corrected chi connectivity index (χ1v) is 13.9. The van der Waals surface area contributed by atoms with Crippen LogP contribution in [-0.2, 0) is 41.5 Å². The quantitative estimate of drug-likeness (QED) is 0.119. The Labute approximate surface area is 301 Å². The molecule has 8 nitrogen and oxygen atoms in total. The Hall–Kier alpha value is -5.06. The third-order valence-electron chi connectivity index (χ3n) is 6.93. The zero-order valence-corrected chi connectivity index (χ0v) is 27.9. The molecule has 10 heteroatoms. The van der Waals surface area contributed by atoms with Gasteiger partial charge in [-0.3, -0.25) is 0 Å². The second-order valence-corrected chi connectivity index (χ2v) is 9.79. The molecule has 4 heterocycles. The van der Waals surface area contributed by atoms with Crippen molar-refractivity contribution in [2.45, 2.75) is 0 Å². The first kappa shape index (κ1) is 29.3. The van der Waals surface area contributed by atoms with Gasteiger partial charge in [0.25, 0.3) is 0 Å². The number of nitrogens with zero attached hydrogens (tertiary/aromatic N) is 6. The van der Waals surface area contributed by atoms with Gasteiger partial charge in [-0.2, -0.15) is 22.9 Å². The third kappa shape index (κ3) is 6.61. The average Bonchev–Trinajstić information content (AvgIpc) is 3.41. The predicted octanol–water partition coefficient (Wildman–Crippen LogP) is 7.87. The van der Waals surface area contributed by atoms with Crippen molar-refractivity contribution in [1.82, 2.24) is 29.5 Å². The van der Waals surface area contributed by atoms with Gasteiger partial charge in [0.1, 0.15) is 12.7 Å². The number of benzene rings is 4. The van der Waals surface area contributed by atoms with E-state index < -0.39 is 0 Å². The van der Waals surface area contributed by atoms with Gasteiger partial charge in [0, 0.05) is 38.1 Å². The molecule has 8 rings (SSSR count). The summed E-state index contributed by atoms with van der Waals surface area (Å²) in [5.41, 5.74) is 3.96. The zero-order valence-electron chi connectivity index (χ0n) is 26.0. The van der Waals surface area contributed by atoms with E-state index in [1.807, 2.05) is 60.7 Å². The van der Waals surface area contributed by atoms with Gasteiger partial charge in [-0.25, -0.2) is 15.0 Å². The second-order valence-electron chi connectivity index (χ2n) is 9.79. The first-order chi connectivity index (χ1) is 23.1. The molecule has 0 aliphatic carbocycles. The summed E-state index contributed by atoms with van der Waals surface area (Å²) in [6.45, 7) is 0. The van der Waals surface area contributed by atoms with Crippen LogP contribution in [0.4, 0.5) is 0 Å². The molecule has 0 aliphatic rings. The summed E-state index contributed by atoms with van der Waals surface area (Å²) in [7, 11) is 0. The fraction of sp³-hybridized carbons (Fsp3) is 0. The number of pyridine rings is 2. The summed E-state index contributed by atoms with van der Waals surface area (Å²) >= 11 is 0. The van der Waals surface area contributed by atoms with E-state index in [-0.39, 0.29) is 53.6 Å². The molecule has 230 valence electrons. The van der Waals surface area contributed by atoms with Crippen LogP contribution in [0.1, 0.15) is 2.74 Å². The van der Waals surface area contributed by atoms with E-state index in [2.05, 4.69) is 49.2 Å². The average molecular weight is 884 g/mol. The molecule has 0 radical (unpaired) electrons. The van der Waals surface area contributed by atoms with Gasteiger partial charge in [-0.1, -0.05) is 47.4 Å². The van der Waals surface area contributed by atoms with E-state index in [0.717, 1.165) is 10.8 Å². The third-order valence-corrected chi connectivity index (χ3v) is 6.93. The molecule has 8 aromatic rings. The van der Waals surface area contributed by atoms with Crippen LogP contribution in [0.15, 0.2) is 122 Å². The van der Waals surface area contributed by atoms with Gasteiger partial charge >= 0.3 is 41.5 Å². The second kappa shape index (κ2) is 14.1. The van der Waals surface area contributed by atoms with Crippen molar-refractivity contribution in [3.63, 3.8) is 0 Å². The summed E-state index contributed by atoms with van der Waals surface area (Å²) in [5.74, 6) is 1.89. The molecule has 0 saturated heterocycles. The molecular weight excluding hydrogens is 862 g/mol. The number of hydrogen-bond acceptors (Lipinski definition) is 7. The van der Waals surface area contributed by atoms with Gasteiger partial charge in [0.15, 0.2) is 0 Å². The van der Waals surface area contributed by atoms with Crippen LogP contribution < -0.4 is 9.47 Å². The molecule has 47 heavy (non-hydrogen) atoms. The van der Waals surface area contributed by atoms with Crippen LogP contribution in [-0.4, -0.2) is 29.5 Å². The molecule has 0 fully saturated rings. The van der Waals surface area contributed by atoms with E-state index in [0.29, 0.717) is 62.5 Å². The van der Waals surface area contributed by atoms with Crippen LogP contribution in [0.2, 0.25) is 0 Å². The van der Waals surface area contributed by atoms with E-state index in [4.69, 9.17) is 12.2 Å². The fourth-order valence-corrected chi connectivity index (χ4v) is 4.97. The minimum atomic E-state index is 0. The molecule has 0 N–H and O–H groups in total. The standard InChI is InChI=1S/C37H20N6O2.Pd.Pt/c1-3-17-39-33(11-1)25-7-5-9-27(19-25)44-29-13-15-31-32-16-14-30(22-36(32)43(35(31)21-29)37-41-23-38-24-42-37)45-28-10-6-8-26(20-28)34-12-2-4-18-40-34;;/h1-18,23-24H;;/q-4;2*+2/i5D,6D;;. The van der Waals surface area contributed by atoms with Crippen molar-refractivity contribution < 1.29 is 53.7 Å². The van der Waals surface area contributed by atoms with Gasteiger partial charge in [-0.15, -0.1) is 71.7 Å². The molecular formula is C37H20N6O2PdPt. The molecule has 0 amide bonds. The molecule has 0 unspecified atom stereocenters. The summed E-state index contributed by atoms with van der Waals surface area (Å²) in [6, 6.07) is 38.8. The van der Waals surface area contributed by atoms with Gasteiger partial charge < -0.3 is 24.0 Å².